The molecule has 1 aliphatic carbocycles. The highest BCUT2D eigenvalue weighted by Gasteiger charge is 2.60. The second-order valence-electron chi connectivity index (χ2n) is 6.01. The van der Waals surface area contributed by atoms with Crippen LogP contribution < -0.4 is 5.73 Å². The van der Waals surface area contributed by atoms with Crippen LogP contribution in [0.2, 0.25) is 5.02 Å². The van der Waals surface area contributed by atoms with Crippen molar-refractivity contribution in [1.82, 2.24) is 0 Å². The summed E-state index contributed by atoms with van der Waals surface area (Å²) in [5.41, 5.74) is 7.99. The van der Waals surface area contributed by atoms with Crippen molar-refractivity contribution >= 4 is 38.6 Å². The van der Waals surface area contributed by atoms with Crippen molar-refractivity contribution in [2.45, 2.75) is 29.4 Å². The van der Waals surface area contributed by atoms with E-state index in [1.54, 1.807) is 12.1 Å². The SMILES string of the molecule is CCc1ccc([C@H]2[C@H](C(N)=S)[C@@H]2S(=O)(=O)c2ccc(Cl)cc2)cc1. The molecule has 126 valence electrons. The summed E-state index contributed by atoms with van der Waals surface area (Å²) in [6, 6.07) is 14.2. The normalized spacial score (nSPS) is 23.0. The molecule has 0 heterocycles. The molecule has 3 nitrogen and oxygen atoms in total. The lowest BCUT2D eigenvalue weighted by molar-refractivity contribution is 0.593. The number of halogens is 1. The van der Waals surface area contributed by atoms with Crippen LogP contribution in [0.4, 0.5) is 0 Å². The molecule has 0 saturated heterocycles. The molecule has 3 atom stereocenters. The second kappa shape index (κ2) is 6.47. The van der Waals surface area contributed by atoms with E-state index < -0.39 is 15.1 Å². The van der Waals surface area contributed by atoms with Crippen molar-refractivity contribution in [2.24, 2.45) is 11.7 Å². The average Bonchev–Trinajstić information content (AvgIpc) is 3.32. The average molecular weight is 380 g/mol. The third kappa shape index (κ3) is 3.08. The van der Waals surface area contributed by atoms with Crippen molar-refractivity contribution in [3.05, 3.63) is 64.7 Å². The van der Waals surface area contributed by atoms with Crippen LogP contribution in [0.25, 0.3) is 0 Å². The molecule has 3 rings (SSSR count). The van der Waals surface area contributed by atoms with Crippen LogP contribution in [0.5, 0.6) is 0 Å². The topological polar surface area (TPSA) is 60.2 Å². The van der Waals surface area contributed by atoms with E-state index in [4.69, 9.17) is 29.6 Å². The zero-order valence-corrected chi connectivity index (χ0v) is 15.5. The van der Waals surface area contributed by atoms with Gasteiger partial charge in [0.15, 0.2) is 9.84 Å². The molecular formula is C18H18ClNO2S2. The lowest BCUT2D eigenvalue weighted by atomic mass is 10.1. The zero-order valence-electron chi connectivity index (χ0n) is 13.1. The van der Waals surface area contributed by atoms with Gasteiger partial charge in [-0.3, -0.25) is 0 Å². The fraction of sp³-hybridized carbons (Fsp3) is 0.278. The summed E-state index contributed by atoms with van der Waals surface area (Å²) in [5, 5.41) is -0.106. The maximum Gasteiger partial charge on any atom is 0.182 e. The van der Waals surface area contributed by atoms with Crippen LogP contribution in [-0.4, -0.2) is 18.7 Å². The lowest BCUT2D eigenvalue weighted by Gasteiger charge is -2.05. The third-order valence-corrected chi connectivity index (χ3v) is 7.31. The molecule has 1 saturated carbocycles. The van der Waals surface area contributed by atoms with Crippen LogP contribution in [0.3, 0.4) is 0 Å². The van der Waals surface area contributed by atoms with Crippen LogP contribution in [0, 0.1) is 5.92 Å². The minimum absolute atomic E-state index is 0.186. The Morgan fingerprint density at radius 1 is 1.12 bits per heavy atom. The van der Waals surface area contributed by atoms with Gasteiger partial charge in [0.05, 0.1) is 15.1 Å². The van der Waals surface area contributed by atoms with Crippen LogP contribution in [0.15, 0.2) is 53.4 Å². The Morgan fingerprint density at radius 3 is 2.21 bits per heavy atom. The van der Waals surface area contributed by atoms with Crippen molar-refractivity contribution in [3.8, 4) is 0 Å². The molecule has 0 bridgehead atoms. The first-order valence-electron chi connectivity index (χ1n) is 7.74. The third-order valence-electron chi connectivity index (χ3n) is 4.56. The highest BCUT2D eigenvalue weighted by atomic mass is 35.5. The van der Waals surface area contributed by atoms with Gasteiger partial charge in [-0.05, 0) is 41.8 Å². The molecule has 6 heteroatoms. The molecule has 0 spiro atoms. The van der Waals surface area contributed by atoms with Gasteiger partial charge in [-0.15, -0.1) is 0 Å². The second-order valence-corrected chi connectivity index (χ2v) is 9.03. The molecule has 0 aliphatic heterocycles. The van der Waals surface area contributed by atoms with Gasteiger partial charge < -0.3 is 5.73 Å². The van der Waals surface area contributed by atoms with Gasteiger partial charge in [0.1, 0.15) is 0 Å². The van der Waals surface area contributed by atoms with Gasteiger partial charge in [0.2, 0.25) is 0 Å². The van der Waals surface area contributed by atoms with E-state index in [9.17, 15) is 8.42 Å². The number of hydrogen-bond donors (Lipinski definition) is 1. The Morgan fingerprint density at radius 2 is 1.71 bits per heavy atom. The molecule has 0 amide bonds. The van der Waals surface area contributed by atoms with Crippen molar-refractivity contribution in [1.29, 1.82) is 0 Å². The van der Waals surface area contributed by atoms with E-state index in [2.05, 4.69) is 6.92 Å². The minimum Gasteiger partial charge on any atom is -0.393 e. The minimum atomic E-state index is -3.52. The molecule has 2 aromatic rings. The van der Waals surface area contributed by atoms with E-state index in [0.717, 1.165) is 12.0 Å². The number of thiocarbonyl (C=S) groups is 1. The zero-order chi connectivity index (χ0) is 17.5. The molecule has 0 aromatic heterocycles. The van der Waals surface area contributed by atoms with E-state index in [1.807, 2.05) is 24.3 Å². The number of nitrogens with two attached hydrogens (primary N) is 1. The quantitative estimate of drug-likeness (QED) is 0.804. The molecular weight excluding hydrogens is 362 g/mol. The summed E-state index contributed by atoms with van der Waals surface area (Å²) in [5.74, 6) is -0.512. The fourth-order valence-corrected chi connectivity index (χ4v) is 5.82. The molecule has 1 fully saturated rings. The first-order valence-corrected chi connectivity index (χ1v) is 10.1. The maximum atomic E-state index is 13.0. The van der Waals surface area contributed by atoms with Crippen LogP contribution in [-0.2, 0) is 16.3 Å². The summed E-state index contributed by atoms with van der Waals surface area (Å²) in [4.78, 5) is 0.507. The van der Waals surface area contributed by atoms with Crippen molar-refractivity contribution < 1.29 is 8.42 Å². The summed E-state index contributed by atoms with van der Waals surface area (Å²) in [7, 11) is -3.52. The molecule has 1 aliphatic rings. The standard InChI is InChI=1S/C18H18ClNO2S2/c1-2-11-3-5-12(6-4-11)15-16(18(20)23)17(15)24(21,22)14-9-7-13(19)8-10-14/h3-10,15-17H,2H2,1H3,(H2,20,23)/t15-,16-,17+/m0/s1. The van der Waals surface area contributed by atoms with Crippen LogP contribution in [0.1, 0.15) is 24.0 Å². The smallest absolute Gasteiger partial charge is 0.182 e. The van der Waals surface area contributed by atoms with Gasteiger partial charge in [0, 0.05) is 16.9 Å². The van der Waals surface area contributed by atoms with Gasteiger partial charge in [-0.2, -0.15) is 0 Å². The molecule has 2 N–H and O–H groups in total. The Kier molecular flexibility index (Phi) is 4.69. The molecule has 2 aromatic carbocycles. The molecule has 0 radical (unpaired) electrons. The van der Waals surface area contributed by atoms with E-state index in [-0.39, 0.29) is 21.7 Å². The predicted octanol–water partition coefficient (Wildman–Crippen LogP) is 3.74. The number of aryl methyl sites for hydroxylation is 1. The van der Waals surface area contributed by atoms with Gasteiger partial charge >= 0.3 is 0 Å². The van der Waals surface area contributed by atoms with Crippen molar-refractivity contribution in [2.75, 3.05) is 0 Å². The first-order chi connectivity index (χ1) is 11.4. The Bertz CT molecular complexity index is 861. The molecule has 0 unspecified atom stereocenters. The van der Waals surface area contributed by atoms with Gasteiger partial charge in [-0.25, -0.2) is 8.42 Å². The number of benzene rings is 2. The summed E-state index contributed by atoms with van der Waals surface area (Å²) < 4.78 is 25.9. The van der Waals surface area contributed by atoms with Crippen LogP contribution >= 0.6 is 23.8 Å². The summed E-state index contributed by atoms with van der Waals surface area (Å²) >= 11 is 11.0. The summed E-state index contributed by atoms with van der Waals surface area (Å²) in [6.45, 7) is 2.08. The number of rotatable bonds is 5. The maximum absolute atomic E-state index is 13.0. The number of hydrogen-bond acceptors (Lipinski definition) is 3. The Hall–Kier alpha value is -1.43. The van der Waals surface area contributed by atoms with E-state index in [1.165, 1.54) is 17.7 Å². The first kappa shape index (κ1) is 17.4. The Balaban J connectivity index is 1.96. The lowest BCUT2D eigenvalue weighted by Crippen LogP contribution is -2.17. The van der Waals surface area contributed by atoms with Crippen molar-refractivity contribution in [3.63, 3.8) is 0 Å². The molecule has 24 heavy (non-hydrogen) atoms. The number of sulfone groups is 1. The predicted molar refractivity (Wildman–Crippen MR) is 101 cm³/mol. The van der Waals surface area contributed by atoms with E-state index in [0.29, 0.717) is 5.02 Å². The largest absolute Gasteiger partial charge is 0.393 e. The monoisotopic (exact) mass is 379 g/mol. The van der Waals surface area contributed by atoms with Gasteiger partial charge in [0.25, 0.3) is 0 Å². The fourth-order valence-electron chi connectivity index (χ4n) is 3.16. The Labute approximate surface area is 152 Å². The highest BCUT2D eigenvalue weighted by molar-refractivity contribution is 7.92. The highest BCUT2D eigenvalue weighted by Crippen LogP contribution is 2.54. The van der Waals surface area contributed by atoms with Gasteiger partial charge in [-0.1, -0.05) is 55.0 Å². The van der Waals surface area contributed by atoms with E-state index >= 15 is 0 Å². The summed E-state index contributed by atoms with van der Waals surface area (Å²) in [6.07, 6.45) is 0.941.